The molecule has 0 aromatic carbocycles. The van der Waals surface area contributed by atoms with Gasteiger partial charge in [0, 0.05) is 12.2 Å². The third-order valence-corrected chi connectivity index (χ3v) is 3.45. The van der Waals surface area contributed by atoms with Crippen LogP contribution in [-0.4, -0.2) is 35.2 Å². The zero-order chi connectivity index (χ0) is 13.2. The van der Waals surface area contributed by atoms with Crippen molar-refractivity contribution in [1.29, 1.82) is 0 Å². The first-order valence-corrected chi connectivity index (χ1v) is 6.47. The van der Waals surface area contributed by atoms with Gasteiger partial charge in [0.05, 0.1) is 16.6 Å². The smallest absolute Gasteiger partial charge is 0.257 e. The van der Waals surface area contributed by atoms with E-state index in [2.05, 4.69) is 20.8 Å². The van der Waals surface area contributed by atoms with Crippen molar-refractivity contribution in [1.82, 2.24) is 20.8 Å². The molecule has 1 saturated heterocycles. The van der Waals surface area contributed by atoms with Gasteiger partial charge < -0.3 is 15.2 Å². The summed E-state index contributed by atoms with van der Waals surface area (Å²) in [5.41, 5.74) is 1.77. The molecule has 0 atom stereocenters. The summed E-state index contributed by atoms with van der Waals surface area (Å²) in [5.74, 6) is -0.0816. The highest BCUT2D eigenvalue weighted by molar-refractivity contribution is 5.97. The third kappa shape index (κ3) is 2.91. The number of halogens is 1. The van der Waals surface area contributed by atoms with Crippen molar-refractivity contribution in [2.45, 2.75) is 25.8 Å². The average Bonchev–Trinajstić information content (AvgIpc) is 2.81. The maximum absolute atomic E-state index is 12.2. The fourth-order valence-electron chi connectivity index (χ4n) is 2.30. The van der Waals surface area contributed by atoms with Crippen molar-refractivity contribution in [3.05, 3.63) is 23.5 Å². The summed E-state index contributed by atoms with van der Waals surface area (Å²) in [7, 11) is 0. The average molecular weight is 297 g/mol. The van der Waals surface area contributed by atoms with E-state index in [0.29, 0.717) is 11.3 Å². The molecule has 2 N–H and O–H groups in total. The summed E-state index contributed by atoms with van der Waals surface area (Å²) < 4.78 is 5.03. The molecule has 0 saturated carbocycles. The van der Waals surface area contributed by atoms with Crippen LogP contribution < -0.4 is 10.6 Å². The van der Waals surface area contributed by atoms with E-state index in [1.54, 1.807) is 6.07 Å². The Morgan fingerprint density at radius 2 is 2.20 bits per heavy atom. The number of amides is 1. The maximum atomic E-state index is 12.2. The molecular formula is C13H17ClN4O2. The summed E-state index contributed by atoms with van der Waals surface area (Å²) in [5, 5.41) is 10.9. The Bertz CT molecular complexity index is 607. The predicted molar refractivity (Wildman–Crippen MR) is 77.1 cm³/mol. The summed E-state index contributed by atoms with van der Waals surface area (Å²) in [4.78, 5) is 16.3. The first-order valence-electron chi connectivity index (χ1n) is 6.47. The van der Waals surface area contributed by atoms with Crippen molar-refractivity contribution >= 4 is 29.4 Å². The van der Waals surface area contributed by atoms with E-state index in [0.717, 1.165) is 37.0 Å². The largest absolute Gasteiger partial charge is 0.349 e. The maximum Gasteiger partial charge on any atom is 0.257 e. The van der Waals surface area contributed by atoms with Crippen molar-refractivity contribution in [3.63, 3.8) is 0 Å². The lowest BCUT2D eigenvalue weighted by molar-refractivity contribution is 0.0929. The number of carbonyl (C=O) groups excluding carboxylic acids is 1. The molecule has 1 fully saturated rings. The quantitative estimate of drug-likeness (QED) is 0.876. The number of nitrogens with zero attached hydrogens (tertiary/aromatic N) is 2. The van der Waals surface area contributed by atoms with E-state index in [9.17, 15) is 4.79 Å². The number of aromatic nitrogens is 2. The monoisotopic (exact) mass is 296 g/mol. The van der Waals surface area contributed by atoms with E-state index in [-0.39, 0.29) is 24.4 Å². The highest BCUT2D eigenvalue weighted by atomic mass is 35.5. The van der Waals surface area contributed by atoms with Gasteiger partial charge in [0.25, 0.3) is 11.6 Å². The molecule has 3 heterocycles. The number of rotatable bonds is 2. The van der Waals surface area contributed by atoms with Gasteiger partial charge in [-0.15, -0.1) is 12.4 Å². The van der Waals surface area contributed by atoms with Crippen LogP contribution in [0.15, 0.2) is 16.8 Å². The minimum absolute atomic E-state index is 0. The van der Waals surface area contributed by atoms with E-state index >= 15 is 0 Å². The van der Waals surface area contributed by atoms with Gasteiger partial charge in [-0.25, -0.2) is 4.98 Å². The van der Waals surface area contributed by atoms with Crippen LogP contribution in [0.1, 0.15) is 28.9 Å². The van der Waals surface area contributed by atoms with E-state index in [1.807, 2.05) is 6.92 Å². The zero-order valence-corrected chi connectivity index (χ0v) is 12.0. The van der Waals surface area contributed by atoms with Gasteiger partial charge in [0.15, 0.2) is 0 Å². The second kappa shape index (κ2) is 6.19. The minimum Gasteiger partial charge on any atom is -0.349 e. The molecule has 2 aromatic heterocycles. The Hall–Kier alpha value is -1.66. The van der Waals surface area contributed by atoms with Gasteiger partial charge in [0.1, 0.15) is 0 Å². The molecule has 0 spiro atoms. The SMILES string of the molecule is Cc1noc2ncc(C(=O)NC3CCNCC3)cc12.Cl. The number of fused-ring (bicyclic) bond motifs is 1. The topological polar surface area (TPSA) is 80.0 Å². The third-order valence-electron chi connectivity index (χ3n) is 3.45. The zero-order valence-electron chi connectivity index (χ0n) is 11.2. The van der Waals surface area contributed by atoms with Crippen molar-refractivity contribution in [2.75, 3.05) is 13.1 Å². The lowest BCUT2D eigenvalue weighted by Gasteiger charge is -2.23. The molecule has 108 valence electrons. The van der Waals surface area contributed by atoms with Crippen LogP contribution in [0.3, 0.4) is 0 Å². The molecule has 0 unspecified atom stereocenters. The van der Waals surface area contributed by atoms with Crippen molar-refractivity contribution in [3.8, 4) is 0 Å². The molecule has 0 radical (unpaired) electrons. The van der Waals surface area contributed by atoms with Gasteiger partial charge in [-0.1, -0.05) is 5.16 Å². The Morgan fingerprint density at radius 1 is 1.45 bits per heavy atom. The summed E-state index contributed by atoms with van der Waals surface area (Å²) >= 11 is 0. The van der Waals surface area contributed by atoms with Crippen molar-refractivity contribution < 1.29 is 9.32 Å². The molecule has 0 aliphatic carbocycles. The Kier molecular flexibility index (Phi) is 4.57. The predicted octanol–water partition coefficient (Wildman–Crippen LogP) is 1.43. The van der Waals surface area contributed by atoms with E-state index in [4.69, 9.17) is 4.52 Å². The van der Waals surface area contributed by atoms with Crippen LogP contribution in [-0.2, 0) is 0 Å². The Balaban J connectivity index is 0.00000147. The molecule has 6 nitrogen and oxygen atoms in total. The van der Waals surface area contributed by atoms with Gasteiger partial charge in [-0.3, -0.25) is 4.79 Å². The molecule has 7 heteroatoms. The Morgan fingerprint density at radius 3 is 2.95 bits per heavy atom. The lowest BCUT2D eigenvalue weighted by Crippen LogP contribution is -2.42. The normalized spacial score (nSPS) is 15.8. The Labute approximate surface area is 122 Å². The number of aryl methyl sites for hydroxylation is 1. The summed E-state index contributed by atoms with van der Waals surface area (Å²) in [6.45, 7) is 3.74. The fraction of sp³-hybridized carbons (Fsp3) is 0.462. The molecule has 0 bridgehead atoms. The number of hydrogen-bond donors (Lipinski definition) is 2. The highest BCUT2D eigenvalue weighted by Gasteiger charge is 2.17. The molecular weight excluding hydrogens is 280 g/mol. The van der Waals surface area contributed by atoms with Gasteiger partial charge in [-0.05, 0) is 38.9 Å². The van der Waals surface area contributed by atoms with Crippen molar-refractivity contribution in [2.24, 2.45) is 0 Å². The standard InChI is InChI=1S/C13H16N4O2.ClH/c1-8-11-6-9(7-15-13(11)19-17-8)12(18)16-10-2-4-14-5-3-10;/h6-7,10,14H,2-5H2,1H3,(H,16,18);1H. The minimum atomic E-state index is -0.0816. The van der Waals surface area contributed by atoms with Crippen LogP contribution in [0.4, 0.5) is 0 Å². The second-order valence-corrected chi connectivity index (χ2v) is 4.84. The molecule has 1 aliphatic rings. The van der Waals surface area contributed by atoms with Crippen LogP contribution >= 0.6 is 12.4 Å². The van der Waals surface area contributed by atoms with Gasteiger partial charge >= 0.3 is 0 Å². The number of piperidine rings is 1. The van der Waals surface area contributed by atoms with Crippen LogP contribution in [0.2, 0.25) is 0 Å². The van der Waals surface area contributed by atoms with Crippen LogP contribution in [0, 0.1) is 6.92 Å². The first-order chi connectivity index (χ1) is 9.24. The van der Waals surface area contributed by atoms with Crippen LogP contribution in [0.5, 0.6) is 0 Å². The number of hydrogen-bond acceptors (Lipinski definition) is 5. The molecule has 20 heavy (non-hydrogen) atoms. The van der Waals surface area contributed by atoms with E-state index < -0.39 is 0 Å². The summed E-state index contributed by atoms with van der Waals surface area (Å²) in [6.07, 6.45) is 3.46. The highest BCUT2D eigenvalue weighted by Crippen LogP contribution is 2.17. The number of carbonyl (C=O) groups is 1. The van der Waals surface area contributed by atoms with E-state index in [1.165, 1.54) is 6.20 Å². The second-order valence-electron chi connectivity index (χ2n) is 4.84. The summed E-state index contributed by atoms with van der Waals surface area (Å²) in [6, 6.07) is 2.03. The fourth-order valence-corrected chi connectivity index (χ4v) is 2.30. The molecule has 1 amide bonds. The molecule has 3 rings (SSSR count). The first kappa shape index (κ1) is 14.7. The van der Waals surface area contributed by atoms with Gasteiger partial charge in [-0.2, -0.15) is 0 Å². The lowest BCUT2D eigenvalue weighted by atomic mass is 10.1. The number of nitrogens with one attached hydrogen (secondary N) is 2. The van der Waals surface area contributed by atoms with Gasteiger partial charge in [0.2, 0.25) is 0 Å². The number of pyridine rings is 1. The molecule has 2 aromatic rings. The van der Waals surface area contributed by atoms with Crippen LogP contribution in [0.25, 0.3) is 11.1 Å². The molecule has 1 aliphatic heterocycles.